The first kappa shape index (κ1) is 17.0. The van der Waals surface area contributed by atoms with Crippen molar-refractivity contribution in [1.29, 1.82) is 0 Å². The molecule has 24 heavy (non-hydrogen) atoms. The maximum absolute atomic E-state index is 12.5. The topological polar surface area (TPSA) is 78.8 Å². The molecule has 0 atom stereocenters. The van der Waals surface area contributed by atoms with Gasteiger partial charge >= 0.3 is 5.97 Å². The van der Waals surface area contributed by atoms with Crippen LogP contribution in [0.3, 0.4) is 0 Å². The third-order valence-corrected chi connectivity index (χ3v) is 4.65. The standard InChI is InChI=1S/C17H24N2O5/c1-22-17(21)14-11-19(13-4-8-24-9-5-13)16(20)10-15(14)18-12-2-6-23-7-3-12/h10-13,18H,2-9H2,1H3. The zero-order valence-corrected chi connectivity index (χ0v) is 14.0. The predicted octanol–water partition coefficient (Wildman–Crippen LogP) is 1.58. The van der Waals surface area contributed by atoms with Gasteiger partial charge in [-0.05, 0) is 25.7 Å². The van der Waals surface area contributed by atoms with E-state index in [-0.39, 0.29) is 17.6 Å². The first-order valence-electron chi connectivity index (χ1n) is 8.45. The average Bonchev–Trinajstić information content (AvgIpc) is 2.63. The summed E-state index contributed by atoms with van der Waals surface area (Å²) in [5.74, 6) is -0.439. The number of rotatable bonds is 4. The molecule has 0 saturated carbocycles. The number of anilines is 1. The van der Waals surface area contributed by atoms with Crippen LogP contribution in [-0.2, 0) is 14.2 Å². The number of ether oxygens (including phenoxy) is 3. The minimum atomic E-state index is -0.439. The molecule has 7 heteroatoms. The molecule has 2 aliphatic heterocycles. The normalized spacial score (nSPS) is 19.9. The van der Waals surface area contributed by atoms with E-state index in [9.17, 15) is 9.59 Å². The van der Waals surface area contributed by atoms with Crippen molar-refractivity contribution >= 4 is 11.7 Å². The maximum atomic E-state index is 12.5. The van der Waals surface area contributed by atoms with Crippen molar-refractivity contribution in [2.75, 3.05) is 38.9 Å². The van der Waals surface area contributed by atoms with Crippen LogP contribution in [0.1, 0.15) is 42.1 Å². The van der Waals surface area contributed by atoms with Crippen molar-refractivity contribution in [2.24, 2.45) is 0 Å². The molecule has 3 heterocycles. The third-order valence-electron chi connectivity index (χ3n) is 4.65. The highest BCUT2D eigenvalue weighted by Gasteiger charge is 2.23. The monoisotopic (exact) mass is 336 g/mol. The largest absolute Gasteiger partial charge is 0.465 e. The molecule has 132 valence electrons. The van der Waals surface area contributed by atoms with E-state index in [2.05, 4.69) is 5.32 Å². The summed E-state index contributed by atoms with van der Waals surface area (Å²) in [4.78, 5) is 24.7. The highest BCUT2D eigenvalue weighted by molar-refractivity contribution is 5.95. The lowest BCUT2D eigenvalue weighted by atomic mass is 10.1. The van der Waals surface area contributed by atoms with E-state index in [1.165, 1.54) is 13.2 Å². The summed E-state index contributed by atoms with van der Waals surface area (Å²) >= 11 is 0. The summed E-state index contributed by atoms with van der Waals surface area (Å²) in [6.45, 7) is 2.63. The van der Waals surface area contributed by atoms with Gasteiger partial charge in [-0.15, -0.1) is 0 Å². The van der Waals surface area contributed by atoms with Crippen LogP contribution in [0.15, 0.2) is 17.1 Å². The van der Waals surface area contributed by atoms with Crippen molar-refractivity contribution in [3.8, 4) is 0 Å². The van der Waals surface area contributed by atoms with Gasteiger partial charge in [0.1, 0.15) is 0 Å². The van der Waals surface area contributed by atoms with Gasteiger partial charge in [-0.2, -0.15) is 0 Å². The second kappa shape index (κ2) is 7.81. The van der Waals surface area contributed by atoms with Crippen molar-refractivity contribution in [3.63, 3.8) is 0 Å². The summed E-state index contributed by atoms with van der Waals surface area (Å²) in [5.41, 5.74) is 0.834. The molecular weight excluding hydrogens is 312 g/mol. The third kappa shape index (κ3) is 3.79. The van der Waals surface area contributed by atoms with Crippen LogP contribution >= 0.6 is 0 Å². The summed E-state index contributed by atoms with van der Waals surface area (Å²) < 4.78 is 17.2. The van der Waals surface area contributed by atoms with Crippen LogP contribution < -0.4 is 10.9 Å². The van der Waals surface area contributed by atoms with Gasteiger partial charge in [0.25, 0.3) is 5.56 Å². The Morgan fingerprint density at radius 3 is 2.42 bits per heavy atom. The molecule has 0 spiro atoms. The molecule has 1 aromatic rings. The van der Waals surface area contributed by atoms with Crippen LogP contribution in [0.5, 0.6) is 0 Å². The van der Waals surface area contributed by atoms with Gasteiger partial charge in [-0.3, -0.25) is 4.79 Å². The number of carbonyl (C=O) groups is 1. The van der Waals surface area contributed by atoms with Crippen molar-refractivity contribution < 1.29 is 19.0 Å². The number of esters is 1. The molecule has 1 aromatic heterocycles. The molecule has 2 fully saturated rings. The highest BCUT2D eigenvalue weighted by Crippen LogP contribution is 2.23. The maximum Gasteiger partial charge on any atom is 0.341 e. The van der Waals surface area contributed by atoms with Crippen LogP contribution in [0.25, 0.3) is 0 Å². The fourth-order valence-corrected chi connectivity index (χ4v) is 3.25. The quantitative estimate of drug-likeness (QED) is 0.841. The Morgan fingerprint density at radius 2 is 1.79 bits per heavy atom. The lowest BCUT2D eigenvalue weighted by Gasteiger charge is -2.27. The Labute approximate surface area is 140 Å². The Balaban J connectivity index is 1.90. The molecule has 0 amide bonds. The predicted molar refractivity (Wildman–Crippen MR) is 88.6 cm³/mol. The molecule has 2 saturated heterocycles. The van der Waals surface area contributed by atoms with Gasteiger partial charge < -0.3 is 24.1 Å². The van der Waals surface area contributed by atoms with Gasteiger partial charge in [0, 0.05) is 50.8 Å². The van der Waals surface area contributed by atoms with Crippen LogP contribution in [0.4, 0.5) is 5.69 Å². The molecular formula is C17H24N2O5. The number of hydrogen-bond acceptors (Lipinski definition) is 6. The number of hydrogen-bond donors (Lipinski definition) is 1. The first-order chi connectivity index (χ1) is 11.7. The number of methoxy groups -OCH3 is 1. The second-order valence-electron chi connectivity index (χ2n) is 6.21. The Bertz CT molecular complexity index is 630. The fraction of sp³-hybridized carbons (Fsp3) is 0.647. The fourth-order valence-electron chi connectivity index (χ4n) is 3.25. The summed E-state index contributed by atoms with van der Waals surface area (Å²) in [6, 6.07) is 1.77. The Hall–Kier alpha value is -1.86. The summed E-state index contributed by atoms with van der Waals surface area (Å²) in [5, 5.41) is 3.32. The number of aromatic nitrogens is 1. The van der Waals surface area contributed by atoms with Gasteiger partial charge in [0.05, 0.1) is 18.4 Å². The minimum absolute atomic E-state index is 0.0618. The van der Waals surface area contributed by atoms with Gasteiger partial charge in [0.15, 0.2) is 0 Å². The first-order valence-corrected chi connectivity index (χ1v) is 8.45. The van der Waals surface area contributed by atoms with E-state index >= 15 is 0 Å². The number of pyridine rings is 1. The average molecular weight is 336 g/mol. The van der Waals surface area contributed by atoms with E-state index in [0.717, 1.165) is 25.7 Å². The molecule has 7 nitrogen and oxygen atoms in total. The molecule has 2 aliphatic rings. The highest BCUT2D eigenvalue weighted by atomic mass is 16.5. The number of nitrogens with zero attached hydrogens (tertiary/aromatic N) is 1. The van der Waals surface area contributed by atoms with Gasteiger partial charge in [-0.1, -0.05) is 0 Å². The molecule has 0 aromatic carbocycles. The molecule has 0 radical (unpaired) electrons. The Morgan fingerprint density at radius 1 is 1.17 bits per heavy atom. The smallest absolute Gasteiger partial charge is 0.341 e. The van der Waals surface area contributed by atoms with E-state index in [1.54, 1.807) is 10.8 Å². The van der Waals surface area contributed by atoms with Crippen molar-refractivity contribution in [2.45, 2.75) is 37.8 Å². The molecule has 0 bridgehead atoms. The van der Waals surface area contributed by atoms with E-state index in [1.807, 2.05) is 0 Å². The van der Waals surface area contributed by atoms with E-state index in [4.69, 9.17) is 14.2 Å². The number of carbonyl (C=O) groups excluding carboxylic acids is 1. The Kier molecular flexibility index (Phi) is 5.52. The summed E-state index contributed by atoms with van der Waals surface area (Å²) in [7, 11) is 1.35. The van der Waals surface area contributed by atoms with Crippen molar-refractivity contribution in [1.82, 2.24) is 4.57 Å². The zero-order chi connectivity index (χ0) is 16.9. The van der Waals surface area contributed by atoms with Crippen LogP contribution in [-0.4, -0.2) is 50.1 Å². The van der Waals surface area contributed by atoms with Crippen molar-refractivity contribution in [3.05, 3.63) is 28.2 Å². The second-order valence-corrected chi connectivity index (χ2v) is 6.21. The van der Waals surface area contributed by atoms with Gasteiger partial charge in [-0.25, -0.2) is 4.79 Å². The molecule has 3 rings (SSSR count). The SMILES string of the molecule is COC(=O)c1cn(C2CCOCC2)c(=O)cc1NC1CCOCC1. The lowest BCUT2D eigenvalue weighted by Crippen LogP contribution is -2.32. The van der Waals surface area contributed by atoms with E-state index < -0.39 is 5.97 Å². The summed E-state index contributed by atoms with van der Waals surface area (Å²) in [6.07, 6.45) is 4.87. The van der Waals surface area contributed by atoms with Crippen LogP contribution in [0, 0.1) is 0 Å². The van der Waals surface area contributed by atoms with Crippen LogP contribution in [0.2, 0.25) is 0 Å². The zero-order valence-electron chi connectivity index (χ0n) is 14.0. The molecule has 0 unspecified atom stereocenters. The lowest BCUT2D eigenvalue weighted by molar-refractivity contribution is 0.0595. The molecule has 0 aliphatic carbocycles. The minimum Gasteiger partial charge on any atom is -0.465 e. The number of nitrogens with one attached hydrogen (secondary N) is 1. The van der Waals surface area contributed by atoms with Gasteiger partial charge in [0.2, 0.25) is 0 Å². The van der Waals surface area contributed by atoms with E-state index in [0.29, 0.717) is 37.7 Å². The molecule has 1 N–H and O–H groups in total.